The van der Waals surface area contributed by atoms with Crippen LogP contribution in [0.5, 0.6) is 0 Å². The molecule has 2 rings (SSSR count). The Morgan fingerprint density at radius 1 is 1.43 bits per heavy atom. The summed E-state index contributed by atoms with van der Waals surface area (Å²) in [7, 11) is 1.69. The van der Waals surface area contributed by atoms with Gasteiger partial charge >= 0.3 is 0 Å². The van der Waals surface area contributed by atoms with E-state index >= 15 is 0 Å². The van der Waals surface area contributed by atoms with Crippen LogP contribution >= 0.6 is 27.5 Å². The van der Waals surface area contributed by atoms with E-state index in [4.69, 9.17) is 16.3 Å². The normalized spacial score (nSPS) is 10.9. The zero-order valence-electron chi connectivity index (χ0n) is 12.4. The second-order valence-corrected chi connectivity index (χ2v) is 5.95. The summed E-state index contributed by atoms with van der Waals surface area (Å²) in [6.45, 7) is 5.95. The number of hydrogen-bond acceptors (Lipinski definition) is 3. The summed E-state index contributed by atoms with van der Waals surface area (Å²) in [6.07, 6.45) is 0. The molecule has 0 aliphatic heterocycles. The molecule has 2 aromatic rings. The van der Waals surface area contributed by atoms with Gasteiger partial charge in [0, 0.05) is 29.4 Å². The summed E-state index contributed by atoms with van der Waals surface area (Å²) in [5.74, 6) is 0. The number of aromatic nitrogens is 2. The van der Waals surface area contributed by atoms with Crippen LogP contribution in [0.3, 0.4) is 0 Å². The molecule has 0 spiro atoms. The number of methoxy groups -OCH3 is 1. The Morgan fingerprint density at radius 3 is 2.86 bits per heavy atom. The SMILES string of the molecule is CCn1nc(C)c(Cl)c1CNc1cccc(Br)c1COC. The summed E-state index contributed by atoms with van der Waals surface area (Å²) in [6, 6.07) is 6.04. The van der Waals surface area contributed by atoms with Gasteiger partial charge in [-0.3, -0.25) is 4.68 Å². The van der Waals surface area contributed by atoms with Crippen molar-refractivity contribution in [1.82, 2.24) is 9.78 Å². The van der Waals surface area contributed by atoms with Gasteiger partial charge in [0.05, 0.1) is 29.6 Å². The van der Waals surface area contributed by atoms with E-state index in [0.29, 0.717) is 13.2 Å². The number of rotatable bonds is 6. The molecule has 0 aliphatic rings. The summed E-state index contributed by atoms with van der Waals surface area (Å²) >= 11 is 9.89. The number of anilines is 1. The maximum Gasteiger partial charge on any atom is 0.0865 e. The highest BCUT2D eigenvalue weighted by Crippen LogP contribution is 2.27. The number of ether oxygens (including phenoxy) is 1. The van der Waals surface area contributed by atoms with Crippen LogP contribution in [-0.2, 0) is 24.4 Å². The Morgan fingerprint density at radius 2 is 2.19 bits per heavy atom. The van der Waals surface area contributed by atoms with Crippen molar-refractivity contribution in [2.75, 3.05) is 12.4 Å². The lowest BCUT2D eigenvalue weighted by atomic mass is 10.2. The van der Waals surface area contributed by atoms with Gasteiger partial charge in [0.15, 0.2) is 0 Å². The molecule has 1 aromatic carbocycles. The molecule has 4 nitrogen and oxygen atoms in total. The molecule has 21 heavy (non-hydrogen) atoms. The molecule has 0 radical (unpaired) electrons. The number of benzene rings is 1. The van der Waals surface area contributed by atoms with Gasteiger partial charge in [0.2, 0.25) is 0 Å². The Hall–Kier alpha value is -1.04. The molecule has 1 heterocycles. The standard InChI is InChI=1S/C15H19BrClN3O/c1-4-20-14(15(17)10(2)19-20)8-18-13-7-5-6-12(16)11(13)9-21-3/h5-7,18H,4,8-9H2,1-3H3. The molecule has 0 unspecified atom stereocenters. The first kappa shape index (κ1) is 16.3. The molecule has 114 valence electrons. The smallest absolute Gasteiger partial charge is 0.0865 e. The molecule has 0 amide bonds. The molecule has 1 aromatic heterocycles. The van der Waals surface area contributed by atoms with Crippen molar-refractivity contribution in [3.63, 3.8) is 0 Å². The Balaban J connectivity index is 2.23. The quantitative estimate of drug-likeness (QED) is 0.817. The van der Waals surface area contributed by atoms with Crippen molar-refractivity contribution < 1.29 is 4.74 Å². The highest BCUT2D eigenvalue weighted by molar-refractivity contribution is 9.10. The zero-order valence-corrected chi connectivity index (χ0v) is 14.8. The van der Waals surface area contributed by atoms with Crippen LogP contribution in [0.25, 0.3) is 0 Å². The number of halogens is 2. The van der Waals surface area contributed by atoms with Crippen LogP contribution in [0.4, 0.5) is 5.69 Å². The predicted octanol–water partition coefficient (Wildman–Crippen LogP) is 4.39. The van der Waals surface area contributed by atoms with E-state index in [-0.39, 0.29) is 0 Å². The summed E-state index contributed by atoms with van der Waals surface area (Å²) < 4.78 is 8.22. The summed E-state index contributed by atoms with van der Waals surface area (Å²) in [5, 5.41) is 8.59. The lowest BCUT2D eigenvalue weighted by molar-refractivity contribution is 0.185. The molecule has 0 bridgehead atoms. The molecule has 1 N–H and O–H groups in total. The fraction of sp³-hybridized carbons (Fsp3) is 0.400. The van der Waals surface area contributed by atoms with E-state index in [1.807, 2.05) is 29.8 Å². The molecule has 6 heteroatoms. The van der Waals surface area contributed by atoms with Crippen molar-refractivity contribution in [3.05, 3.63) is 44.6 Å². The van der Waals surface area contributed by atoms with Crippen LogP contribution in [0, 0.1) is 6.92 Å². The fourth-order valence-corrected chi connectivity index (χ4v) is 2.91. The number of nitrogens with one attached hydrogen (secondary N) is 1. The predicted molar refractivity (Wildman–Crippen MR) is 89.8 cm³/mol. The van der Waals surface area contributed by atoms with Gasteiger partial charge in [-0.2, -0.15) is 5.10 Å². The van der Waals surface area contributed by atoms with Gasteiger partial charge in [-0.25, -0.2) is 0 Å². The summed E-state index contributed by atoms with van der Waals surface area (Å²) in [5.41, 5.74) is 3.99. The van der Waals surface area contributed by atoms with Gasteiger partial charge in [-0.05, 0) is 26.0 Å². The minimum absolute atomic E-state index is 0.545. The van der Waals surface area contributed by atoms with E-state index in [9.17, 15) is 0 Å². The average Bonchev–Trinajstić information content (AvgIpc) is 2.75. The van der Waals surface area contributed by atoms with Crippen molar-refractivity contribution in [1.29, 1.82) is 0 Å². The highest BCUT2D eigenvalue weighted by Gasteiger charge is 2.13. The first-order chi connectivity index (χ1) is 10.1. The number of hydrogen-bond donors (Lipinski definition) is 1. The minimum Gasteiger partial charge on any atom is -0.380 e. The van der Waals surface area contributed by atoms with E-state index in [0.717, 1.165) is 38.7 Å². The Kier molecular flexibility index (Phi) is 5.67. The van der Waals surface area contributed by atoms with Gasteiger partial charge in [0.1, 0.15) is 0 Å². The Labute approximate surface area is 138 Å². The molecule has 0 saturated heterocycles. The van der Waals surface area contributed by atoms with Crippen molar-refractivity contribution in [2.45, 2.75) is 33.5 Å². The second-order valence-electron chi connectivity index (χ2n) is 4.71. The van der Waals surface area contributed by atoms with Crippen LogP contribution in [-0.4, -0.2) is 16.9 Å². The maximum absolute atomic E-state index is 6.33. The lowest BCUT2D eigenvalue weighted by Gasteiger charge is -2.14. The fourth-order valence-electron chi connectivity index (χ4n) is 2.23. The van der Waals surface area contributed by atoms with Crippen molar-refractivity contribution in [3.8, 4) is 0 Å². The molecular weight excluding hydrogens is 354 g/mol. The molecule has 0 atom stereocenters. The van der Waals surface area contributed by atoms with Crippen molar-refractivity contribution in [2.24, 2.45) is 0 Å². The van der Waals surface area contributed by atoms with Gasteiger partial charge in [-0.1, -0.05) is 33.6 Å². The number of aryl methyl sites for hydroxylation is 2. The third-order valence-corrected chi connectivity index (χ3v) is 4.54. The van der Waals surface area contributed by atoms with Gasteiger partial charge in [0.25, 0.3) is 0 Å². The Bertz CT molecular complexity index is 628. The first-order valence-corrected chi connectivity index (χ1v) is 7.97. The second kappa shape index (κ2) is 7.29. The van der Waals surface area contributed by atoms with E-state index in [1.165, 1.54) is 0 Å². The van der Waals surface area contributed by atoms with Crippen LogP contribution in [0.2, 0.25) is 5.02 Å². The molecule has 0 aliphatic carbocycles. The largest absolute Gasteiger partial charge is 0.380 e. The van der Waals surface area contributed by atoms with E-state index in [2.05, 4.69) is 33.3 Å². The maximum atomic E-state index is 6.33. The third kappa shape index (κ3) is 3.59. The highest BCUT2D eigenvalue weighted by atomic mass is 79.9. The average molecular weight is 373 g/mol. The van der Waals surface area contributed by atoms with Gasteiger partial charge < -0.3 is 10.1 Å². The van der Waals surface area contributed by atoms with Gasteiger partial charge in [-0.15, -0.1) is 0 Å². The molecule has 0 saturated carbocycles. The van der Waals surface area contributed by atoms with Crippen LogP contribution < -0.4 is 5.32 Å². The molecule has 0 fully saturated rings. The minimum atomic E-state index is 0.545. The zero-order chi connectivity index (χ0) is 15.4. The summed E-state index contributed by atoms with van der Waals surface area (Å²) in [4.78, 5) is 0. The molecular formula is C15H19BrClN3O. The van der Waals surface area contributed by atoms with E-state index in [1.54, 1.807) is 7.11 Å². The van der Waals surface area contributed by atoms with Crippen LogP contribution in [0.1, 0.15) is 23.9 Å². The third-order valence-electron chi connectivity index (χ3n) is 3.31. The number of nitrogens with zero attached hydrogens (tertiary/aromatic N) is 2. The van der Waals surface area contributed by atoms with E-state index < -0.39 is 0 Å². The van der Waals surface area contributed by atoms with Crippen LogP contribution in [0.15, 0.2) is 22.7 Å². The first-order valence-electron chi connectivity index (χ1n) is 6.80. The topological polar surface area (TPSA) is 39.1 Å². The van der Waals surface area contributed by atoms with Crippen molar-refractivity contribution >= 4 is 33.2 Å². The monoisotopic (exact) mass is 371 g/mol. The lowest BCUT2D eigenvalue weighted by Crippen LogP contribution is -2.09.